The summed E-state index contributed by atoms with van der Waals surface area (Å²) in [7, 11) is 0. The minimum absolute atomic E-state index is 0.125. The predicted octanol–water partition coefficient (Wildman–Crippen LogP) is 0.107. The van der Waals surface area contributed by atoms with Crippen LogP contribution in [0.25, 0.3) is 0 Å². The van der Waals surface area contributed by atoms with Crippen LogP contribution in [-0.2, 0) is 20.7 Å². The molecule has 0 unspecified atom stereocenters. The zero-order valence-corrected chi connectivity index (χ0v) is 11.3. The maximum atomic E-state index is 11.6. The van der Waals surface area contributed by atoms with Gasteiger partial charge in [0.1, 0.15) is 12.6 Å². The minimum atomic E-state index is -0.863. The van der Waals surface area contributed by atoms with Crippen molar-refractivity contribution < 1.29 is 14.3 Å². The molecule has 0 bridgehead atoms. The van der Waals surface area contributed by atoms with Gasteiger partial charge in [-0.25, -0.2) is 0 Å². The van der Waals surface area contributed by atoms with Gasteiger partial charge < -0.3 is 15.8 Å². The van der Waals surface area contributed by atoms with Crippen LogP contribution in [0.4, 0.5) is 0 Å². The number of hydrogen-bond donors (Lipinski definition) is 2. The van der Waals surface area contributed by atoms with Gasteiger partial charge in [-0.05, 0) is 18.6 Å². The molecule has 20 heavy (non-hydrogen) atoms. The Balaban J connectivity index is 2.75. The summed E-state index contributed by atoms with van der Waals surface area (Å²) >= 11 is 0. The average Bonchev–Trinajstić information content (AvgIpc) is 2.44. The fourth-order valence-electron chi connectivity index (χ4n) is 1.68. The first kappa shape index (κ1) is 15.7. The van der Waals surface area contributed by atoms with Crippen LogP contribution in [0.1, 0.15) is 18.1 Å². The van der Waals surface area contributed by atoms with E-state index in [0.717, 1.165) is 0 Å². The number of nitrogens with one attached hydrogen (secondary N) is 1. The Morgan fingerprint density at radius 3 is 2.75 bits per heavy atom. The molecule has 0 heterocycles. The smallest absolute Gasteiger partial charge is 0.246 e. The molecule has 0 radical (unpaired) electrons. The molecule has 0 aromatic heterocycles. The Morgan fingerprint density at radius 2 is 2.15 bits per heavy atom. The van der Waals surface area contributed by atoms with Crippen molar-refractivity contribution in [1.82, 2.24) is 5.32 Å². The molecule has 1 rings (SSSR count). The van der Waals surface area contributed by atoms with Gasteiger partial charge in [-0.15, -0.1) is 0 Å². The van der Waals surface area contributed by atoms with Crippen LogP contribution in [0, 0.1) is 11.3 Å². The summed E-state index contributed by atoms with van der Waals surface area (Å²) < 4.78 is 4.95. The lowest BCUT2D eigenvalue weighted by molar-refractivity contribution is -0.130. The van der Waals surface area contributed by atoms with Crippen molar-refractivity contribution in [2.45, 2.75) is 19.4 Å². The van der Waals surface area contributed by atoms with E-state index in [4.69, 9.17) is 15.7 Å². The second-order valence-corrected chi connectivity index (χ2v) is 4.13. The van der Waals surface area contributed by atoms with E-state index < -0.39 is 17.9 Å². The SMILES string of the molecule is CCOCC(=O)N[C@@H](Cc1ccccc1C#N)C(N)=O. The van der Waals surface area contributed by atoms with E-state index in [1.165, 1.54) is 0 Å². The number of nitrogens with two attached hydrogens (primary N) is 1. The first-order valence-electron chi connectivity index (χ1n) is 6.23. The van der Waals surface area contributed by atoms with Crippen LogP contribution in [-0.4, -0.2) is 31.1 Å². The minimum Gasteiger partial charge on any atom is -0.372 e. The van der Waals surface area contributed by atoms with Gasteiger partial charge in [0.2, 0.25) is 11.8 Å². The molecule has 1 aromatic rings. The van der Waals surface area contributed by atoms with Crippen molar-refractivity contribution in [2.75, 3.05) is 13.2 Å². The molecule has 0 spiro atoms. The average molecular weight is 275 g/mol. The fraction of sp³-hybridized carbons (Fsp3) is 0.357. The molecule has 6 nitrogen and oxygen atoms in total. The van der Waals surface area contributed by atoms with Gasteiger partial charge in [0.05, 0.1) is 11.6 Å². The molecule has 3 N–H and O–H groups in total. The maximum Gasteiger partial charge on any atom is 0.246 e. The topological polar surface area (TPSA) is 105 Å². The number of hydrogen-bond acceptors (Lipinski definition) is 4. The van der Waals surface area contributed by atoms with E-state index in [2.05, 4.69) is 5.32 Å². The van der Waals surface area contributed by atoms with Crippen LogP contribution in [0.2, 0.25) is 0 Å². The lowest BCUT2D eigenvalue weighted by Crippen LogP contribution is -2.47. The lowest BCUT2D eigenvalue weighted by atomic mass is 10.0. The van der Waals surface area contributed by atoms with Crippen molar-refractivity contribution in [2.24, 2.45) is 5.73 Å². The van der Waals surface area contributed by atoms with Crippen molar-refractivity contribution in [3.63, 3.8) is 0 Å². The van der Waals surface area contributed by atoms with Crippen molar-refractivity contribution >= 4 is 11.8 Å². The summed E-state index contributed by atoms with van der Waals surface area (Å²) in [6.45, 7) is 2.05. The van der Waals surface area contributed by atoms with Gasteiger partial charge in [-0.3, -0.25) is 9.59 Å². The predicted molar refractivity (Wildman–Crippen MR) is 72.5 cm³/mol. The van der Waals surface area contributed by atoms with E-state index in [1.807, 2.05) is 6.07 Å². The summed E-state index contributed by atoms with van der Waals surface area (Å²) in [5, 5.41) is 11.5. The monoisotopic (exact) mass is 275 g/mol. The fourth-order valence-corrected chi connectivity index (χ4v) is 1.68. The Hall–Kier alpha value is -2.39. The van der Waals surface area contributed by atoms with Crippen LogP contribution < -0.4 is 11.1 Å². The third kappa shape index (κ3) is 4.71. The molecule has 0 saturated carbocycles. The highest BCUT2D eigenvalue weighted by atomic mass is 16.5. The van der Waals surface area contributed by atoms with E-state index in [9.17, 15) is 9.59 Å². The first-order chi connectivity index (χ1) is 9.58. The van der Waals surface area contributed by atoms with Gasteiger partial charge in [-0.1, -0.05) is 18.2 Å². The summed E-state index contributed by atoms with van der Waals surface area (Å²) in [6.07, 6.45) is 0.178. The van der Waals surface area contributed by atoms with Crippen LogP contribution in [0.3, 0.4) is 0 Å². The standard InChI is InChI=1S/C14H17N3O3/c1-2-20-9-13(18)17-12(14(16)19)7-10-5-3-4-6-11(10)8-15/h3-6,12H,2,7,9H2,1H3,(H2,16,19)(H,17,18)/t12-/m0/s1. The Labute approximate surface area is 117 Å². The molecule has 6 heteroatoms. The van der Waals surface area contributed by atoms with Gasteiger partial charge in [0.15, 0.2) is 0 Å². The number of carbonyl (C=O) groups excluding carboxylic acids is 2. The lowest BCUT2D eigenvalue weighted by Gasteiger charge is -2.16. The summed E-state index contributed by atoms with van der Waals surface area (Å²) in [5.74, 6) is -1.06. The molecule has 1 aromatic carbocycles. The highest BCUT2D eigenvalue weighted by Crippen LogP contribution is 2.10. The molecule has 0 fully saturated rings. The second kappa shape index (κ2) is 7.92. The molecule has 106 valence electrons. The van der Waals surface area contributed by atoms with Crippen molar-refractivity contribution in [3.8, 4) is 6.07 Å². The van der Waals surface area contributed by atoms with E-state index in [0.29, 0.717) is 17.7 Å². The second-order valence-electron chi connectivity index (χ2n) is 4.13. The summed E-state index contributed by atoms with van der Waals surface area (Å²) in [5.41, 5.74) is 6.39. The summed E-state index contributed by atoms with van der Waals surface area (Å²) in [4.78, 5) is 22.9. The molecule has 2 amide bonds. The third-order valence-electron chi connectivity index (χ3n) is 2.68. The normalized spacial score (nSPS) is 11.4. The number of nitrogens with zero attached hydrogens (tertiary/aromatic N) is 1. The van der Waals surface area contributed by atoms with Crippen LogP contribution in [0.15, 0.2) is 24.3 Å². The van der Waals surface area contributed by atoms with Crippen molar-refractivity contribution in [3.05, 3.63) is 35.4 Å². The van der Waals surface area contributed by atoms with Gasteiger partial charge in [0.25, 0.3) is 0 Å². The first-order valence-corrected chi connectivity index (χ1v) is 6.23. The molecular weight excluding hydrogens is 258 g/mol. The third-order valence-corrected chi connectivity index (χ3v) is 2.68. The molecule has 0 saturated heterocycles. The zero-order chi connectivity index (χ0) is 15.0. The number of primary amides is 1. The van der Waals surface area contributed by atoms with E-state index >= 15 is 0 Å². The highest BCUT2D eigenvalue weighted by molar-refractivity contribution is 5.87. The maximum absolute atomic E-state index is 11.6. The molecule has 0 aliphatic heterocycles. The van der Waals surface area contributed by atoms with E-state index in [-0.39, 0.29) is 13.0 Å². The number of carbonyl (C=O) groups is 2. The Kier molecular flexibility index (Phi) is 6.20. The van der Waals surface area contributed by atoms with Crippen molar-refractivity contribution in [1.29, 1.82) is 5.26 Å². The quantitative estimate of drug-likeness (QED) is 0.736. The van der Waals surface area contributed by atoms with E-state index in [1.54, 1.807) is 31.2 Å². The molecule has 0 aliphatic rings. The molecular formula is C14H17N3O3. The zero-order valence-electron chi connectivity index (χ0n) is 11.3. The van der Waals surface area contributed by atoms with Crippen LogP contribution >= 0.6 is 0 Å². The number of amides is 2. The van der Waals surface area contributed by atoms with Gasteiger partial charge in [0, 0.05) is 13.0 Å². The van der Waals surface area contributed by atoms with Gasteiger partial charge in [-0.2, -0.15) is 5.26 Å². The highest BCUT2D eigenvalue weighted by Gasteiger charge is 2.19. The Bertz CT molecular complexity index is 523. The van der Waals surface area contributed by atoms with Crippen LogP contribution in [0.5, 0.6) is 0 Å². The van der Waals surface area contributed by atoms with Gasteiger partial charge >= 0.3 is 0 Å². The number of nitriles is 1. The molecule has 1 atom stereocenters. The number of benzene rings is 1. The largest absolute Gasteiger partial charge is 0.372 e. The number of rotatable bonds is 7. The molecule has 0 aliphatic carbocycles. The summed E-state index contributed by atoms with van der Waals surface area (Å²) in [6, 6.07) is 8.04. The Morgan fingerprint density at radius 1 is 1.45 bits per heavy atom. The number of ether oxygens (including phenoxy) is 1.